The zero-order valence-electron chi connectivity index (χ0n) is 8.38. The molecule has 0 spiro atoms. The molecule has 1 aliphatic rings. The van der Waals surface area contributed by atoms with E-state index in [1.54, 1.807) is 0 Å². The molecule has 0 aromatic carbocycles. The smallest absolute Gasteiger partial charge is 0.235 e. The monoisotopic (exact) mass is 194 g/mol. The molecule has 0 aromatic rings. The van der Waals surface area contributed by atoms with Crippen molar-refractivity contribution in [2.24, 2.45) is 0 Å². The quantitative estimate of drug-likeness (QED) is 0.506. The van der Waals surface area contributed by atoms with Gasteiger partial charge in [0, 0.05) is 12.1 Å². The maximum Gasteiger partial charge on any atom is 0.235 e. The normalized spacial score (nSPS) is 21.6. The van der Waals surface area contributed by atoms with Crippen LogP contribution in [-0.4, -0.2) is 30.0 Å². The highest BCUT2D eigenvalue weighted by Crippen LogP contribution is 2.14. The lowest BCUT2D eigenvalue weighted by molar-refractivity contribution is -0.402. The summed E-state index contributed by atoms with van der Waals surface area (Å²) in [6.07, 6.45) is 9.36. The molecule has 0 heterocycles. The molecule has 0 aromatic heterocycles. The summed E-state index contributed by atoms with van der Waals surface area (Å²) < 4.78 is 0. The Labute approximate surface area is 83.4 Å². The molecular weight excluding hydrogens is 180 g/mol. The van der Waals surface area contributed by atoms with Gasteiger partial charge in [-0.05, 0) is 26.1 Å². The van der Waals surface area contributed by atoms with Crippen molar-refractivity contribution in [2.45, 2.75) is 12.5 Å². The lowest BCUT2D eigenvalue weighted by Crippen LogP contribution is -2.26. The van der Waals surface area contributed by atoms with E-state index < -0.39 is 4.92 Å². The van der Waals surface area contributed by atoms with Crippen molar-refractivity contribution in [3.63, 3.8) is 0 Å². The zero-order chi connectivity index (χ0) is 10.6. The van der Waals surface area contributed by atoms with Crippen LogP contribution in [0.2, 0.25) is 0 Å². The van der Waals surface area contributed by atoms with Crippen molar-refractivity contribution >= 4 is 0 Å². The standard InChI is InChI=1S/C10H14N2O2/c1-11(2)10-5-3-9(4-6-10)7-8-12(13)14/h3-5,7-8,10H,6H2,1-2H3/b8-7+. The number of likely N-dealkylation sites (N-methyl/N-ethyl adjacent to an activating group) is 1. The highest BCUT2D eigenvalue weighted by molar-refractivity contribution is 5.33. The fourth-order valence-corrected chi connectivity index (χ4v) is 1.28. The lowest BCUT2D eigenvalue weighted by Gasteiger charge is -2.21. The van der Waals surface area contributed by atoms with Gasteiger partial charge in [-0.25, -0.2) is 0 Å². The third-order valence-electron chi connectivity index (χ3n) is 2.16. The number of nitro groups is 1. The van der Waals surface area contributed by atoms with Crippen molar-refractivity contribution < 1.29 is 4.92 Å². The SMILES string of the molecule is CN(C)C1C=CC(/C=C/[N+](=O)[O-])=CC1. The van der Waals surface area contributed by atoms with E-state index in [1.165, 1.54) is 6.08 Å². The van der Waals surface area contributed by atoms with Gasteiger partial charge in [0.1, 0.15) is 0 Å². The Kier molecular flexibility index (Phi) is 3.59. The largest absolute Gasteiger partial charge is 0.303 e. The van der Waals surface area contributed by atoms with Gasteiger partial charge in [0.15, 0.2) is 0 Å². The Morgan fingerprint density at radius 2 is 2.36 bits per heavy atom. The molecule has 4 heteroatoms. The summed E-state index contributed by atoms with van der Waals surface area (Å²) in [5.74, 6) is 0. The van der Waals surface area contributed by atoms with Gasteiger partial charge < -0.3 is 4.90 Å². The average molecular weight is 194 g/mol. The molecule has 1 aliphatic carbocycles. The van der Waals surface area contributed by atoms with Crippen LogP contribution in [0, 0.1) is 10.1 Å². The molecule has 76 valence electrons. The van der Waals surface area contributed by atoms with Gasteiger partial charge in [-0.2, -0.15) is 0 Å². The highest BCUT2D eigenvalue weighted by atomic mass is 16.6. The Hall–Kier alpha value is -1.42. The topological polar surface area (TPSA) is 46.4 Å². The predicted molar refractivity (Wildman–Crippen MR) is 55.4 cm³/mol. The van der Waals surface area contributed by atoms with Crippen molar-refractivity contribution in [3.8, 4) is 0 Å². The number of allylic oxidation sites excluding steroid dienone is 3. The maximum atomic E-state index is 10.1. The number of nitrogens with zero attached hydrogens (tertiary/aromatic N) is 2. The van der Waals surface area contributed by atoms with Gasteiger partial charge in [-0.1, -0.05) is 18.2 Å². The van der Waals surface area contributed by atoms with Crippen LogP contribution in [0.1, 0.15) is 6.42 Å². The average Bonchev–Trinajstić information content (AvgIpc) is 2.15. The van der Waals surface area contributed by atoms with Crippen LogP contribution in [0.25, 0.3) is 0 Å². The van der Waals surface area contributed by atoms with E-state index in [1.807, 2.05) is 26.2 Å². The van der Waals surface area contributed by atoms with E-state index in [0.29, 0.717) is 6.04 Å². The molecule has 1 atom stereocenters. The molecule has 4 nitrogen and oxygen atoms in total. The van der Waals surface area contributed by atoms with Crippen molar-refractivity contribution in [2.75, 3.05) is 14.1 Å². The van der Waals surface area contributed by atoms with Crippen LogP contribution in [0.3, 0.4) is 0 Å². The first-order chi connectivity index (χ1) is 6.59. The molecule has 1 rings (SSSR count). The van der Waals surface area contributed by atoms with E-state index in [2.05, 4.69) is 11.0 Å². The Balaban J connectivity index is 2.55. The third-order valence-corrected chi connectivity index (χ3v) is 2.16. The maximum absolute atomic E-state index is 10.1. The molecule has 0 N–H and O–H groups in total. The van der Waals surface area contributed by atoms with Crippen LogP contribution in [-0.2, 0) is 0 Å². The highest BCUT2D eigenvalue weighted by Gasteiger charge is 2.09. The van der Waals surface area contributed by atoms with Gasteiger partial charge in [0.25, 0.3) is 0 Å². The van der Waals surface area contributed by atoms with Crippen LogP contribution >= 0.6 is 0 Å². The Bertz CT molecular complexity index is 303. The second kappa shape index (κ2) is 4.72. The number of hydrogen-bond donors (Lipinski definition) is 0. The van der Waals surface area contributed by atoms with Crippen LogP contribution < -0.4 is 0 Å². The van der Waals surface area contributed by atoms with Crippen LogP contribution in [0.4, 0.5) is 0 Å². The summed E-state index contributed by atoms with van der Waals surface area (Å²) in [4.78, 5) is 11.7. The van der Waals surface area contributed by atoms with Gasteiger partial charge >= 0.3 is 0 Å². The first kappa shape index (κ1) is 10.7. The molecule has 0 saturated carbocycles. The van der Waals surface area contributed by atoms with Crippen molar-refractivity contribution in [1.29, 1.82) is 0 Å². The number of hydrogen-bond acceptors (Lipinski definition) is 3. The van der Waals surface area contributed by atoms with Crippen LogP contribution in [0.5, 0.6) is 0 Å². The van der Waals surface area contributed by atoms with Gasteiger partial charge in [0.2, 0.25) is 6.20 Å². The van der Waals surface area contributed by atoms with Gasteiger partial charge in [0.05, 0.1) is 4.92 Å². The molecular formula is C10H14N2O2. The van der Waals surface area contributed by atoms with Gasteiger partial charge in [-0.15, -0.1) is 0 Å². The van der Waals surface area contributed by atoms with Crippen molar-refractivity contribution in [1.82, 2.24) is 4.90 Å². The number of rotatable bonds is 3. The molecule has 0 bridgehead atoms. The first-order valence-corrected chi connectivity index (χ1v) is 4.46. The van der Waals surface area contributed by atoms with E-state index in [-0.39, 0.29) is 0 Å². The Morgan fingerprint density at radius 3 is 2.79 bits per heavy atom. The predicted octanol–water partition coefficient (Wildman–Crippen LogP) is 1.59. The summed E-state index contributed by atoms with van der Waals surface area (Å²) in [6.45, 7) is 0. The summed E-state index contributed by atoms with van der Waals surface area (Å²) in [6, 6.07) is 0.405. The summed E-state index contributed by atoms with van der Waals surface area (Å²) in [7, 11) is 4.03. The van der Waals surface area contributed by atoms with Crippen LogP contribution in [0.15, 0.2) is 36.1 Å². The summed E-state index contributed by atoms with van der Waals surface area (Å²) >= 11 is 0. The molecule has 0 radical (unpaired) electrons. The zero-order valence-corrected chi connectivity index (χ0v) is 8.38. The second-order valence-electron chi connectivity index (χ2n) is 3.43. The minimum atomic E-state index is -0.452. The van der Waals surface area contributed by atoms with E-state index in [0.717, 1.165) is 18.2 Å². The van der Waals surface area contributed by atoms with E-state index >= 15 is 0 Å². The van der Waals surface area contributed by atoms with E-state index in [4.69, 9.17) is 0 Å². The lowest BCUT2D eigenvalue weighted by atomic mass is 10.0. The molecule has 0 amide bonds. The third kappa shape index (κ3) is 3.14. The first-order valence-electron chi connectivity index (χ1n) is 4.46. The Morgan fingerprint density at radius 1 is 1.64 bits per heavy atom. The van der Waals surface area contributed by atoms with Gasteiger partial charge in [-0.3, -0.25) is 10.1 Å². The summed E-state index contributed by atoms with van der Waals surface area (Å²) in [5, 5.41) is 10.1. The fourth-order valence-electron chi connectivity index (χ4n) is 1.28. The molecule has 14 heavy (non-hydrogen) atoms. The molecule has 0 saturated heterocycles. The minimum absolute atomic E-state index is 0.405. The summed E-state index contributed by atoms with van der Waals surface area (Å²) in [5.41, 5.74) is 0.903. The van der Waals surface area contributed by atoms with E-state index in [9.17, 15) is 10.1 Å². The molecule has 0 aliphatic heterocycles. The molecule has 1 unspecified atom stereocenters. The second-order valence-corrected chi connectivity index (χ2v) is 3.43. The molecule has 0 fully saturated rings. The van der Waals surface area contributed by atoms with Crippen molar-refractivity contribution in [3.05, 3.63) is 46.2 Å². The minimum Gasteiger partial charge on any atom is -0.303 e. The fraction of sp³-hybridized carbons (Fsp3) is 0.400.